The first-order valence-corrected chi connectivity index (χ1v) is 6.79. The van der Waals surface area contributed by atoms with Crippen molar-refractivity contribution < 1.29 is 8.42 Å². The minimum Gasteiger partial charge on any atom is -0.360 e. The van der Waals surface area contributed by atoms with Gasteiger partial charge in [-0.2, -0.15) is 10.5 Å². The Morgan fingerprint density at radius 1 is 1.40 bits per heavy atom. The Kier molecular flexibility index (Phi) is 3.74. The van der Waals surface area contributed by atoms with Gasteiger partial charge < -0.3 is 5.32 Å². The number of rotatable bonds is 4. The summed E-state index contributed by atoms with van der Waals surface area (Å²) in [6.45, 7) is 0. The minimum absolute atomic E-state index is 0.00528. The van der Waals surface area contributed by atoms with E-state index in [1.807, 2.05) is 6.07 Å². The van der Waals surface area contributed by atoms with E-state index in [9.17, 15) is 8.42 Å². The number of hydrogen-bond donors (Lipinski definition) is 3. The summed E-state index contributed by atoms with van der Waals surface area (Å²) in [7, 11) is -3.72. The van der Waals surface area contributed by atoms with Crippen molar-refractivity contribution in [2.45, 2.75) is 4.90 Å². The van der Waals surface area contributed by atoms with Gasteiger partial charge in [0.2, 0.25) is 15.8 Å². The lowest BCUT2D eigenvalue weighted by molar-refractivity contribution is 0.598. The first-order valence-electron chi connectivity index (χ1n) is 5.24. The highest BCUT2D eigenvalue weighted by molar-refractivity contribution is 7.89. The van der Waals surface area contributed by atoms with Gasteiger partial charge in [-0.25, -0.2) is 13.6 Å². The number of nitriles is 1. The summed E-state index contributed by atoms with van der Waals surface area (Å²) in [5, 5.41) is 29.7. The molecular formula is C10H9N7O2S. The number of aromatic amines is 1. The van der Waals surface area contributed by atoms with Gasteiger partial charge >= 0.3 is 0 Å². The van der Waals surface area contributed by atoms with Crippen molar-refractivity contribution in [2.24, 2.45) is 5.14 Å². The van der Waals surface area contributed by atoms with E-state index in [4.69, 9.17) is 10.4 Å². The number of sulfonamides is 1. The number of primary sulfonamides is 1. The summed E-state index contributed by atoms with van der Waals surface area (Å²) in [5.41, 5.74) is 0.753. The van der Waals surface area contributed by atoms with Gasteiger partial charge in [-0.05, 0) is 29.5 Å². The zero-order valence-electron chi connectivity index (χ0n) is 9.98. The molecule has 0 atom stereocenters. The molecule has 0 spiro atoms. The summed E-state index contributed by atoms with van der Waals surface area (Å²) in [6.07, 6.45) is 1.39. The molecule has 1 aromatic heterocycles. The first kappa shape index (κ1) is 13.7. The van der Waals surface area contributed by atoms with Gasteiger partial charge in [0.05, 0.1) is 4.90 Å². The number of hydrogen-bond acceptors (Lipinski definition) is 7. The van der Waals surface area contributed by atoms with Crippen LogP contribution in [0.2, 0.25) is 0 Å². The van der Waals surface area contributed by atoms with E-state index in [1.165, 1.54) is 30.5 Å². The molecule has 0 fully saturated rings. The number of benzene rings is 1. The summed E-state index contributed by atoms with van der Waals surface area (Å²) in [4.78, 5) is 0.00528. The van der Waals surface area contributed by atoms with Gasteiger partial charge in [0.25, 0.3) is 0 Å². The highest BCUT2D eigenvalue weighted by atomic mass is 32.2. The maximum atomic E-state index is 11.1. The molecule has 4 N–H and O–H groups in total. The molecule has 0 aliphatic heterocycles. The fraction of sp³-hybridized carbons (Fsp3) is 0. The smallest absolute Gasteiger partial charge is 0.238 e. The topological polar surface area (TPSA) is 150 Å². The van der Waals surface area contributed by atoms with E-state index in [1.54, 1.807) is 0 Å². The van der Waals surface area contributed by atoms with Crippen LogP contribution in [-0.2, 0) is 10.0 Å². The zero-order valence-corrected chi connectivity index (χ0v) is 10.8. The molecule has 0 bridgehead atoms. The largest absolute Gasteiger partial charge is 0.360 e. The molecule has 9 nitrogen and oxygen atoms in total. The van der Waals surface area contributed by atoms with E-state index in [2.05, 4.69) is 25.9 Å². The number of aromatic nitrogens is 4. The molecule has 1 aromatic carbocycles. The second kappa shape index (κ2) is 5.47. The number of anilines is 1. The van der Waals surface area contributed by atoms with Gasteiger partial charge in [0, 0.05) is 11.9 Å². The molecule has 0 aliphatic carbocycles. The summed E-state index contributed by atoms with van der Waals surface area (Å²) >= 11 is 0. The van der Waals surface area contributed by atoms with Crippen LogP contribution in [0.3, 0.4) is 0 Å². The van der Waals surface area contributed by atoms with E-state index in [-0.39, 0.29) is 16.3 Å². The van der Waals surface area contributed by atoms with Crippen LogP contribution in [0.4, 0.5) is 5.69 Å². The molecule has 102 valence electrons. The number of nitrogens with one attached hydrogen (secondary N) is 2. The van der Waals surface area contributed by atoms with Gasteiger partial charge in [0.15, 0.2) is 0 Å². The van der Waals surface area contributed by atoms with Crippen LogP contribution in [0.1, 0.15) is 5.82 Å². The van der Waals surface area contributed by atoms with Crippen LogP contribution in [0.25, 0.3) is 5.57 Å². The number of H-pyrrole nitrogens is 1. The van der Waals surface area contributed by atoms with Crippen LogP contribution in [-0.4, -0.2) is 29.0 Å². The highest BCUT2D eigenvalue weighted by Gasteiger charge is 2.07. The maximum absolute atomic E-state index is 11.1. The molecule has 0 radical (unpaired) electrons. The quantitative estimate of drug-likeness (QED) is 0.661. The average molecular weight is 291 g/mol. The predicted molar refractivity (Wildman–Crippen MR) is 69.2 cm³/mol. The molecule has 1 heterocycles. The lowest BCUT2D eigenvalue weighted by Crippen LogP contribution is -2.11. The van der Waals surface area contributed by atoms with Crippen molar-refractivity contribution in [3.8, 4) is 6.07 Å². The third-order valence-electron chi connectivity index (χ3n) is 2.27. The second-order valence-electron chi connectivity index (χ2n) is 3.62. The molecule has 2 rings (SSSR count). The van der Waals surface area contributed by atoms with Crippen LogP contribution < -0.4 is 10.5 Å². The molecule has 0 saturated carbocycles. The second-order valence-corrected chi connectivity index (χ2v) is 5.18. The third kappa shape index (κ3) is 3.16. The summed E-state index contributed by atoms with van der Waals surface area (Å²) < 4.78 is 22.2. The molecule has 2 aromatic rings. The molecule has 0 aliphatic rings. The molecule has 0 unspecified atom stereocenters. The van der Waals surface area contributed by atoms with Gasteiger partial charge in [-0.15, -0.1) is 10.2 Å². The number of nitrogens with zero attached hydrogens (tertiary/aromatic N) is 4. The SMILES string of the molecule is N#CC(=CNc1ccc(S(N)(=O)=O)cc1)c1nn[nH]n1. The zero-order chi connectivity index (χ0) is 14.6. The predicted octanol–water partition coefficient (Wildman–Crippen LogP) is -0.176. The Morgan fingerprint density at radius 2 is 2.10 bits per heavy atom. The summed E-state index contributed by atoms with van der Waals surface area (Å²) in [5.74, 6) is 0.154. The molecular weight excluding hydrogens is 282 g/mol. The van der Waals surface area contributed by atoms with Crippen LogP contribution in [0, 0.1) is 11.3 Å². The average Bonchev–Trinajstić information content (AvgIpc) is 2.93. The van der Waals surface area contributed by atoms with Crippen LogP contribution in [0.15, 0.2) is 35.4 Å². The monoisotopic (exact) mass is 291 g/mol. The third-order valence-corrected chi connectivity index (χ3v) is 3.20. The van der Waals surface area contributed by atoms with Gasteiger partial charge in [0.1, 0.15) is 11.6 Å². The Bertz CT molecular complexity index is 757. The Morgan fingerprint density at radius 3 is 2.60 bits per heavy atom. The molecule has 0 saturated heterocycles. The van der Waals surface area contributed by atoms with Crippen molar-refractivity contribution >= 4 is 21.3 Å². The fourth-order valence-electron chi connectivity index (χ4n) is 1.32. The number of allylic oxidation sites excluding steroid dienone is 1. The van der Waals surface area contributed by atoms with Crippen molar-refractivity contribution in [2.75, 3.05) is 5.32 Å². The Balaban J connectivity index is 2.17. The van der Waals surface area contributed by atoms with Crippen molar-refractivity contribution in [1.29, 1.82) is 5.26 Å². The van der Waals surface area contributed by atoms with Crippen molar-refractivity contribution in [3.63, 3.8) is 0 Å². The van der Waals surface area contributed by atoms with Gasteiger partial charge in [-0.1, -0.05) is 0 Å². The minimum atomic E-state index is -3.72. The highest BCUT2D eigenvalue weighted by Crippen LogP contribution is 2.14. The lowest BCUT2D eigenvalue weighted by atomic mass is 10.3. The lowest BCUT2D eigenvalue weighted by Gasteiger charge is -2.02. The molecule has 0 amide bonds. The fourth-order valence-corrected chi connectivity index (χ4v) is 1.83. The van der Waals surface area contributed by atoms with Gasteiger partial charge in [-0.3, -0.25) is 0 Å². The Hall–Kier alpha value is -2.77. The molecule has 20 heavy (non-hydrogen) atoms. The van der Waals surface area contributed by atoms with E-state index < -0.39 is 10.0 Å². The summed E-state index contributed by atoms with van der Waals surface area (Å²) in [6, 6.07) is 7.64. The van der Waals surface area contributed by atoms with Crippen molar-refractivity contribution in [1.82, 2.24) is 20.6 Å². The number of tetrazole rings is 1. The molecule has 10 heteroatoms. The normalized spacial score (nSPS) is 11.9. The maximum Gasteiger partial charge on any atom is 0.238 e. The van der Waals surface area contributed by atoms with E-state index >= 15 is 0 Å². The van der Waals surface area contributed by atoms with Crippen LogP contribution in [0.5, 0.6) is 0 Å². The van der Waals surface area contributed by atoms with E-state index in [0.29, 0.717) is 5.69 Å². The van der Waals surface area contributed by atoms with Crippen molar-refractivity contribution in [3.05, 3.63) is 36.3 Å². The number of nitrogens with two attached hydrogens (primary N) is 1. The Labute approximate surface area is 114 Å². The standard InChI is InChI=1S/C10H9N7O2S/c11-5-7(10-14-16-17-15-10)6-13-8-1-3-9(4-2-8)20(12,18)19/h1-4,6,13H,(H2,12,18,19)(H,14,15,16,17). The van der Waals surface area contributed by atoms with E-state index in [0.717, 1.165) is 0 Å². The van der Waals surface area contributed by atoms with Crippen LogP contribution >= 0.6 is 0 Å². The first-order chi connectivity index (χ1) is 9.50.